The zero-order chi connectivity index (χ0) is 14.6. The summed E-state index contributed by atoms with van der Waals surface area (Å²) in [5, 5.41) is 20.7. The highest BCUT2D eigenvalue weighted by Crippen LogP contribution is 2.34. The minimum absolute atomic E-state index is 0.00958. The fourth-order valence-electron chi connectivity index (χ4n) is 2.03. The van der Waals surface area contributed by atoms with Gasteiger partial charge in [-0.1, -0.05) is 35.3 Å². The summed E-state index contributed by atoms with van der Waals surface area (Å²) in [7, 11) is 0. The summed E-state index contributed by atoms with van der Waals surface area (Å²) in [6.07, 6.45) is 3.83. The van der Waals surface area contributed by atoms with Crippen LogP contribution in [-0.4, -0.2) is 26.8 Å². The van der Waals surface area contributed by atoms with E-state index in [0.29, 0.717) is 34.3 Å². The average molecular weight is 313 g/mol. The Hall–Kier alpha value is -1.20. The van der Waals surface area contributed by atoms with Gasteiger partial charge in [0.1, 0.15) is 15.9 Å². The molecule has 0 saturated carbocycles. The van der Waals surface area contributed by atoms with Crippen LogP contribution in [0.25, 0.3) is 0 Å². The molecule has 2 rings (SSSR count). The third kappa shape index (κ3) is 3.27. The van der Waals surface area contributed by atoms with Crippen molar-refractivity contribution in [3.8, 4) is 0 Å². The van der Waals surface area contributed by atoms with Gasteiger partial charge in [-0.2, -0.15) is 0 Å². The van der Waals surface area contributed by atoms with Crippen LogP contribution in [-0.2, 0) is 5.60 Å². The Balaban J connectivity index is 2.43. The number of aliphatic hydroxyl groups is 2. The molecule has 2 aromatic heterocycles. The van der Waals surface area contributed by atoms with Crippen LogP contribution in [0.2, 0.25) is 10.3 Å². The van der Waals surface area contributed by atoms with Gasteiger partial charge in [0.15, 0.2) is 0 Å². The van der Waals surface area contributed by atoms with Gasteiger partial charge in [0.2, 0.25) is 0 Å². The summed E-state index contributed by atoms with van der Waals surface area (Å²) >= 11 is 11.5. The first-order chi connectivity index (χ1) is 9.56. The molecule has 0 spiro atoms. The molecule has 106 valence electrons. The number of aliphatic hydroxyl groups excluding tert-OH is 1. The highest BCUT2D eigenvalue weighted by molar-refractivity contribution is 6.29. The van der Waals surface area contributed by atoms with Crippen LogP contribution < -0.4 is 0 Å². The minimum atomic E-state index is -1.28. The van der Waals surface area contributed by atoms with Crippen LogP contribution in [0.5, 0.6) is 0 Å². The largest absolute Gasteiger partial charge is 0.396 e. The molecule has 0 atom stereocenters. The molecule has 0 aliphatic carbocycles. The van der Waals surface area contributed by atoms with Gasteiger partial charge < -0.3 is 10.2 Å². The Labute approximate surface area is 127 Å². The van der Waals surface area contributed by atoms with Gasteiger partial charge in [-0.15, -0.1) is 0 Å². The first kappa shape index (κ1) is 15.2. The molecule has 20 heavy (non-hydrogen) atoms. The standard InChI is InChI=1S/C14H14Cl2N2O2/c15-12-4-2-10(8-17-12)14(20,6-1-7-19)11-3-5-13(16)18-9-11/h2-5,8-9,19-20H,1,6-7H2. The van der Waals surface area contributed by atoms with Gasteiger partial charge in [-0.3, -0.25) is 0 Å². The third-order valence-corrected chi connectivity index (χ3v) is 3.55. The summed E-state index contributed by atoms with van der Waals surface area (Å²) in [4.78, 5) is 7.99. The lowest BCUT2D eigenvalue weighted by atomic mass is 9.84. The summed E-state index contributed by atoms with van der Waals surface area (Å²) in [5.74, 6) is 0. The number of aromatic nitrogens is 2. The van der Waals surface area contributed by atoms with Crippen molar-refractivity contribution in [3.05, 3.63) is 58.1 Å². The number of hydrogen-bond acceptors (Lipinski definition) is 4. The van der Waals surface area contributed by atoms with E-state index < -0.39 is 5.60 Å². The number of nitrogens with zero attached hydrogens (tertiary/aromatic N) is 2. The summed E-state index contributed by atoms with van der Waals surface area (Å²) in [6, 6.07) is 6.65. The van der Waals surface area contributed by atoms with E-state index in [0.717, 1.165) is 0 Å². The lowest BCUT2D eigenvalue weighted by Gasteiger charge is -2.28. The third-order valence-electron chi connectivity index (χ3n) is 3.11. The van der Waals surface area contributed by atoms with Gasteiger partial charge in [-0.25, -0.2) is 9.97 Å². The fourth-order valence-corrected chi connectivity index (χ4v) is 2.25. The number of rotatable bonds is 5. The monoisotopic (exact) mass is 312 g/mol. The number of halogens is 2. The van der Waals surface area contributed by atoms with Crippen molar-refractivity contribution in [2.24, 2.45) is 0 Å². The molecule has 2 N–H and O–H groups in total. The molecule has 0 amide bonds. The minimum Gasteiger partial charge on any atom is -0.396 e. The molecular weight excluding hydrogens is 299 g/mol. The second-order valence-corrected chi connectivity index (χ2v) is 5.20. The molecule has 0 bridgehead atoms. The molecule has 0 radical (unpaired) electrons. The number of pyridine rings is 2. The molecule has 0 fully saturated rings. The summed E-state index contributed by atoms with van der Waals surface area (Å²) < 4.78 is 0. The predicted molar refractivity (Wildman–Crippen MR) is 77.8 cm³/mol. The van der Waals surface area contributed by atoms with E-state index in [1.807, 2.05) is 0 Å². The average Bonchev–Trinajstić information content (AvgIpc) is 2.46. The van der Waals surface area contributed by atoms with Crippen molar-refractivity contribution in [3.63, 3.8) is 0 Å². The summed E-state index contributed by atoms with van der Waals surface area (Å²) in [5.41, 5.74) is -0.0864. The number of hydrogen-bond donors (Lipinski definition) is 2. The Morgan fingerprint density at radius 2 is 1.45 bits per heavy atom. The van der Waals surface area contributed by atoms with E-state index in [9.17, 15) is 5.11 Å². The van der Waals surface area contributed by atoms with E-state index in [1.54, 1.807) is 24.3 Å². The van der Waals surface area contributed by atoms with Crippen LogP contribution in [0.4, 0.5) is 0 Å². The first-order valence-electron chi connectivity index (χ1n) is 6.13. The Kier molecular flexibility index (Phi) is 4.94. The van der Waals surface area contributed by atoms with Gasteiger partial charge >= 0.3 is 0 Å². The van der Waals surface area contributed by atoms with Gasteiger partial charge in [0.05, 0.1) is 0 Å². The maximum absolute atomic E-state index is 11.0. The van der Waals surface area contributed by atoms with E-state index in [1.165, 1.54) is 12.4 Å². The maximum Gasteiger partial charge on any atom is 0.129 e. The van der Waals surface area contributed by atoms with E-state index in [4.69, 9.17) is 28.3 Å². The maximum atomic E-state index is 11.0. The van der Waals surface area contributed by atoms with Gasteiger partial charge in [0.25, 0.3) is 0 Å². The second kappa shape index (κ2) is 6.50. The zero-order valence-electron chi connectivity index (χ0n) is 10.6. The highest BCUT2D eigenvalue weighted by atomic mass is 35.5. The van der Waals surface area contributed by atoms with Crippen LogP contribution in [0.15, 0.2) is 36.7 Å². The van der Waals surface area contributed by atoms with Crippen molar-refractivity contribution in [1.82, 2.24) is 9.97 Å². The van der Waals surface area contributed by atoms with E-state index >= 15 is 0 Å². The molecule has 0 aliphatic rings. The van der Waals surface area contributed by atoms with Crippen molar-refractivity contribution < 1.29 is 10.2 Å². The fraction of sp³-hybridized carbons (Fsp3) is 0.286. The van der Waals surface area contributed by atoms with Gasteiger partial charge in [-0.05, 0) is 25.0 Å². The van der Waals surface area contributed by atoms with Gasteiger partial charge in [0, 0.05) is 30.1 Å². The van der Waals surface area contributed by atoms with Crippen molar-refractivity contribution in [2.75, 3.05) is 6.61 Å². The van der Waals surface area contributed by atoms with Crippen LogP contribution >= 0.6 is 23.2 Å². The molecule has 4 nitrogen and oxygen atoms in total. The van der Waals surface area contributed by atoms with E-state index in [-0.39, 0.29) is 6.61 Å². The van der Waals surface area contributed by atoms with Crippen molar-refractivity contribution in [2.45, 2.75) is 18.4 Å². The molecule has 0 saturated heterocycles. The van der Waals surface area contributed by atoms with Crippen molar-refractivity contribution >= 4 is 23.2 Å². The molecule has 0 aliphatic heterocycles. The Morgan fingerprint density at radius 3 is 1.80 bits per heavy atom. The molecule has 0 unspecified atom stereocenters. The smallest absolute Gasteiger partial charge is 0.129 e. The van der Waals surface area contributed by atoms with Crippen LogP contribution in [0, 0.1) is 0 Å². The summed E-state index contributed by atoms with van der Waals surface area (Å²) in [6.45, 7) is -0.00958. The molecule has 2 heterocycles. The lowest BCUT2D eigenvalue weighted by Crippen LogP contribution is -2.28. The van der Waals surface area contributed by atoms with Crippen LogP contribution in [0.1, 0.15) is 24.0 Å². The normalized spacial score (nSPS) is 11.6. The lowest BCUT2D eigenvalue weighted by molar-refractivity contribution is 0.0619. The van der Waals surface area contributed by atoms with Crippen LogP contribution in [0.3, 0.4) is 0 Å². The molecule has 0 aromatic carbocycles. The predicted octanol–water partition coefficient (Wildman–Crippen LogP) is 2.79. The Bertz CT molecular complexity index is 513. The van der Waals surface area contributed by atoms with Crippen molar-refractivity contribution in [1.29, 1.82) is 0 Å². The molecular formula is C14H14Cl2N2O2. The second-order valence-electron chi connectivity index (χ2n) is 4.43. The molecule has 2 aromatic rings. The molecule has 6 heteroatoms. The topological polar surface area (TPSA) is 66.2 Å². The van der Waals surface area contributed by atoms with E-state index in [2.05, 4.69) is 9.97 Å². The highest BCUT2D eigenvalue weighted by Gasteiger charge is 2.31. The zero-order valence-corrected chi connectivity index (χ0v) is 12.1. The Morgan fingerprint density at radius 1 is 0.950 bits per heavy atom. The first-order valence-corrected chi connectivity index (χ1v) is 6.89. The SMILES string of the molecule is OCCCC(O)(c1ccc(Cl)nc1)c1ccc(Cl)nc1. The quantitative estimate of drug-likeness (QED) is 0.833.